The summed E-state index contributed by atoms with van der Waals surface area (Å²) in [7, 11) is 0. The summed E-state index contributed by atoms with van der Waals surface area (Å²) in [6.07, 6.45) is 2.44. The van der Waals surface area contributed by atoms with Gasteiger partial charge >= 0.3 is 6.03 Å². The summed E-state index contributed by atoms with van der Waals surface area (Å²) in [5, 5.41) is 5.29. The van der Waals surface area contributed by atoms with Crippen LogP contribution in [0.5, 0.6) is 0 Å². The van der Waals surface area contributed by atoms with Crippen molar-refractivity contribution in [2.45, 2.75) is 20.3 Å². The highest BCUT2D eigenvalue weighted by Crippen LogP contribution is 2.26. The number of benzene rings is 1. The number of hydrogen-bond donors (Lipinski definition) is 2. The lowest BCUT2D eigenvalue weighted by Crippen LogP contribution is -2.37. The maximum absolute atomic E-state index is 13.0. The number of nitrogens with zero attached hydrogens (tertiary/aromatic N) is 4. The lowest BCUT2D eigenvalue weighted by atomic mass is 10.1. The average molecular weight is 436 g/mol. The molecule has 3 aromatic rings. The Hall–Kier alpha value is -3.59. The van der Waals surface area contributed by atoms with Crippen molar-refractivity contribution in [1.82, 2.24) is 15.0 Å². The van der Waals surface area contributed by atoms with Gasteiger partial charge in [-0.2, -0.15) is 0 Å². The molecule has 2 amide bonds. The first-order valence-corrected chi connectivity index (χ1v) is 10.5. The zero-order chi connectivity index (χ0) is 22.5. The van der Waals surface area contributed by atoms with Crippen molar-refractivity contribution in [2.24, 2.45) is 0 Å². The fraction of sp³-hybridized carbons (Fsp3) is 0.304. The third-order valence-corrected chi connectivity index (χ3v) is 5.23. The highest BCUT2D eigenvalue weighted by Gasteiger charge is 2.19. The van der Waals surface area contributed by atoms with Crippen molar-refractivity contribution >= 4 is 23.4 Å². The molecule has 1 aliphatic heterocycles. The summed E-state index contributed by atoms with van der Waals surface area (Å²) in [6, 6.07) is 8.58. The molecule has 2 aromatic heterocycles. The number of ether oxygens (including phenoxy) is 1. The molecule has 9 heteroatoms. The van der Waals surface area contributed by atoms with Gasteiger partial charge in [-0.3, -0.25) is 5.32 Å². The van der Waals surface area contributed by atoms with Crippen LogP contribution in [0.3, 0.4) is 0 Å². The Labute approximate surface area is 185 Å². The number of rotatable bonds is 5. The standard InChI is InChI=1S/C23H25FN6O2/c1-3-19-15(2)22(30-10-12-32-13-11-30)29-21(27-19)16-4-9-20(25-14-16)28-23(31)26-18-7-5-17(24)6-8-18/h4-9,14H,3,10-13H2,1-2H3,(H2,25,26,28,31). The van der Waals surface area contributed by atoms with Crippen LogP contribution in [0.15, 0.2) is 42.6 Å². The van der Waals surface area contributed by atoms with Crippen LogP contribution in [-0.2, 0) is 11.2 Å². The van der Waals surface area contributed by atoms with E-state index in [0.717, 1.165) is 42.1 Å². The minimum absolute atomic E-state index is 0.366. The van der Waals surface area contributed by atoms with E-state index in [1.807, 2.05) is 6.07 Å². The number of hydrogen-bond acceptors (Lipinski definition) is 6. The molecule has 1 saturated heterocycles. The van der Waals surface area contributed by atoms with Crippen molar-refractivity contribution in [3.63, 3.8) is 0 Å². The van der Waals surface area contributed by atoms with E-state index in [2.05, 4.69) is 34.4 Å². The number of urea groups is 1. The van der Waals surface area contributed by atoms with Crippen LogP contribution in [0, 0.1) is 12.7 Å². The highest BCUT2D eigenvalue weighted by molar-refractivity contribution is 5.99. The first-order valence-electron chi connectivity index (χ1n) is 10.5. The third-order valence-electron chi connectivity index (χ3n) is 5.23. The maximum atomic E-state index is 13.0. The van der Waals surface area contributed by atoms with Crippen molar-refractivity contribution in [3.05, 3.63) is 59.7 Å². The Bertz CT molecular complexity index is 1080. The number of aryl methyl sites for hydroxylation is 1. The number of carbonyl (C=O) groups excluding carboxylic acids is 1. The molecular formula is C23H25FN6O2. The van der Waals surface area contributed by atoms with Gasteiger partial charge in [0.15, 0.2) is 5.82 Å². The molecule has 4 rings (SSSR count). The molecule has 1 aromatic carbocycles. The second-order valence-corrected chi connectivity index (χ2v) is 7.41. The summed E-state index contributed by atoms with van der Waals surface area (Å²) in [5.41, 5.74) is 3.33. The molecule has 32 heavy (non-hydrogen) atoms. The molecule has 166 valence electrons. The molecule has 0 saturated carbocycles. The van der Waals surface area contributed by atoms with Crippen molar-refractivity contribution < 1.29 is 13.9 Å². The predicted molar refractivity (Wildman–Crippen MR) is 121 cm³/mol. The van der Waals surface area contributed by atoms with Crippen LogP contribution in [0.4, 0.5) is 26.5 Å². The second-order valence-electron chi connectivity index (χ2n) is 7.41. The van der Waals surface area contributed by atoms with Gasteiger partial charge in [-0.05, 0) is 49.7 Å². The topological polar surface area (TPSA) is 92.3 Å². The molecule has 8 nitrogen and oxygen atoms in total. The Morgan fingerprint density at radius 3 is 2.50 bits per heavy atom. The van der Waals surface area contributed by atoms with E-state index >= 15 is 0 Å². The quantitative estimate of drug-likeness (QED) is 0.627. The van der Waals surface area contributed by atoms with Gasteiger partial charge < -0.3 is 15.0 Å². The molecule has 0 radical (unpaired) electrons. The van der Waals surface area contributed by atoms with E-state index in [4.69, 9.17) is 14.7 Å². The third kappa shape index (κ3) is 5.00. The molecule has 3 heterocycles. The zero-order valence-electron chi connectivity index (χ0n) is 18.1. The van der Waals surface area contributed by atoms with Crippen LogP contribution >= 0.6 is 0 Å². The van der Waals surface area contributed by atoms with Crippen LogP contribution in [0.25, 0.3) is 11.4 Å². The van der Waals surface area contributed by atoms with Gasteiger partial charge in [-0.1, -0.05) is 6.92 Å². The average Bonchev–Trinajstić information content (AvgIpc) is 2.82. The Balaban J connectivity index is 1.50. The van der Waals surface area contributed by atoms with E-state index in [1.54, 1.807) is 12.3 Å². The molecule has 0 aliphatic carbocycles. The van der Waals surface area contributed by atoms with Gasteiger partial charge in [0.25, 0.3) is 0 Å². The van der Waals surface area contributed by atoms with E-state index in [-0.39, 0.29) is 5.82 Å². The number of morpholine rings is 1. The molecule has 0 atom stereocenters. The smallest absolute Gasteiger partial charge is 0.324 e. The number of carbonyl (C=O) groups is 1. The number of pyridine rings is 1. The monoisotopic (exact) mass is 436 g/mol. The Morgan fingerprint density at radius 1 is 1.09 bits per heavy atom. The molecule has 0 spiro atoms. The second kappa shape index (κ2) is 9.69. The summed E-state index contributed by atoms with van der Waals surface area (Å²) in [6.45, 7) is 7.09. The van der Waals surface area contributed by atoms with E-state index < -0.39 is 6.03 Å². The van der Waals surface area contributed by atoms with Gasteiger partial charge in [0.05, 0.1) is 13.2 Å². The Morgan fingerprint density at radius 2 is 1.84 bits per heavy atom. The van der Waals surface area contributed by atoms with E-state index in [1.165, 1.54) is 24.3 Å². The fourth-order valence-electron chi connectivity index (χ4n) is 3.52. The van der Waals surface area contributed by atoms with Crippen LogP contribution in [0.2, 0.25) is 0 Å². The summed E-state index contributed by atoms with van der Waals surface area (Å²) in [4.78, 5) is 28.3. The van der Waals surface area contributed by atoms with Crippen molar-refractivity contribution in [2.75, 3.05) is 41.8 Å². The number of halogens is 1. The lowest BCUT2D eigenvalue weighted by Gasteiger charge is -2.29. The van der Waals surface area contributed by atoms with Crippen molar-refractivity contribution in [1.29, 1.82) is 0 Å². The predicted octanol–water partition coefficient (Wildman–Crippen LogP) is 4.03. The zero-order valence-corrected chi connectivity index (χ0v) is 18.1. The summed E-state index contributed by atoms with van der Waals surface area (Å²) < 4.78 is 18.5. The normalized spacial score (nSPS) is 13.7. The minimum atomic E-state index is -0.466. The fourth-order valence-corrected chi connectivity index (χ4v) is 3.52. The number of amides is 2. The molecule has 1 aliphatic rings. The van der Waals surface area contributed by atoms with Gasteiger partial charge in [-0.25, -0.2) is 24.1 Å². The van der Waals surface area contributed by atoms with Gasteiger partial charge in [-0.15, -0.1) is 0 Å². The van der Waals surface area contributed by atoms with Crippen LogP contribution in [-0.4, -0.2) is 47.3 Å². The van der Waals surface area contributed by atoms with E-state index in [0.29, 0.717) is 30.5 Å². The van der Waals surface area contributed by atoms with Gasteiger partial charge in [0.2, 0.25) is 0 Å². The van der Waals surface area contributed by atoms with Gasteiger partial charge in [0.1, 0.15) is 17.5 Å². The number of aromatic nitrogens is 3. The molecule has 0 unspecified atom stereocenters. The minimum Gasteiger partial charge on any atom is -0.378 e. The lowest BCUT2D eigenvalue weighted by molar-refractivity contribution is 0.122. The van der Waals surface area contributed by atoms with E-state index in [9.17, 15) is 9.18 Å². The summed E-state index contributed by atoms with van der Waals surface area (Å²) in [5.74, 6) is 1.54. The number of nitrogens with one attached hydrogen (secondary N) is 2. The van der Waals surface area contributed by atoms with Crippen LogP contribution < -0.4 is 15.5 Å². The number of anilines is 3. The largest absolute Gasteiger partial charge is 0.378 e. The molecule has 1 fully saturated rings. The van der Waals surface area contributed by atoms with Crippen molar-refractivity contribution in [3.8, 4) is 11.4 Å². The molecular weight excluding hydrogens is 411 g/mol. The molecule has 2 N–H and O–H groups in total. The molecule has 0 bridgehead atoms. The summed E-state index contributed by atoms with van der Waals surface area (Å²) >= 11 is 0. The highest BCUT2D eigenvalue weighted by atomic mass is 19.1. The van der Waals surface area contributed by atoms with Gasteiger partial charge in [0, 0.05) is 41.8 Å². The Kier molecular flexibility index (Phi) is 6.55. The first kappa shape index (κ1) is 21.6. The maximum Gasteiger partial charge on any atom is 0.324 e. The SMILES string of the molecule is CCc1nc(-c2ccc(NC(=O)Nc3ccc(F)cc3)nc2)nc(N2CCOCC2)c1C. The van der Waals surface area contributed by atoms with Crippen LogP contribution in [0.1, 0.15) is 18.2 Å². The first-order chi connectivity index (χ1) is 15.5.